The van der Waals surface area contributed by atoms with Gasteiger partial charge in [-0.25, -0.2) is 0 Å². The van der Waals surface area contributed by atoms with E-state index >= 15 is 0 Å². The average molecular weight is 370 g/mol. The van der Waals surface area contributed by atoms with Gasteiger partial charge in [0.2, 0.25) is 5.91 Å². The number of nitrogens with zero attached hydrogens (tertiary/aromatic N) is 4. The number of pyridine rings is 2. The SMILES string of the molecule is CC1CC(c2ccc(C#N)c3ncccc23)CN(C(=O)Cc2cccnc2)C1. The highest BCUT2D eigenvalue weighted by molar-refractivity contribution is 5.87. The smallest absolute Gasteiger partial charge is 0.227 e. The van der Waals surface area contributed by atoms with Gasteiger partial charge in [-0.1, -0.05) is 25.1 Å². The topological polar surface area (TPSA) is 69.9 Å². The highest BCUT2D eigenvalue weighted by Gasteiger charge is 2.30. The largest absolute Gasteiger partial charge is 0.342 e. The third-order valence-electron chi connectivity index (χ3n) is 5.45. The first kappa shape index (κ1) is 18.1. The highest BCUT2D eigenvalue weighted by atomic mass is 16.2. The second kappa shape index (κ2) is 7.77. The number of fused-ring (bicyclic) bond motifs is 1. The Morgan fingerprint density at radius 3 is 2.86 bits per heavy atom. The lowest BCUT2D eigenvalue weighted by molar-refractivity contribution is -0.132. The molecule has 1 aliphatic rings. The van der Waals surface area contributed by atoms with Crippen molar-refractivity contribution in [2.75, 3.05) is 13.1 Å². The van der Waals surface area contributed by atoms with Crippen LogP contribution in [0.4, 0.5) is 0 Å². The van der Waals surface area contributed by atoms with Crippen LogP contribution in [0.25, 0.3) is 10.9 Å². The first-order valence-corrected chi connectivity index (χ1v) is 9.60. The second-order valence-electron chi connectivity index (χ2n) is 7.59. The first-order chi connectivity index (χ1) is 13.7. The van der Waals surface area contributed by atoms with E-state index < -0.39 is 0 Å². The number of rotatable bonds is 3. The van der Waals surface area contributed by atoms with Crippen LogP contribution >= 0.6 is 0 Å². The molecule has 1 amide bonds. The van der Waals surface area contributed by atoms with Gasteiger partial charge >= 0.3 is 0 Å². The van der Waals surface area contributed by atoms with E-state index in [1.54, 1.807) is 18.6 Å². The molecule has 0 N–H and O–H groups in total. The molecule has 1 aromatic carbocycles. The number of nitriles is 1. The van der Waals surface area contributed by atoms with Gasteiger partial charge in [0.15, 0.2) is 0 Å². The van der Waals surface area contributed by atoms with Crippen molar-refractivity contribution < 1.29 is 4.79 Å². The molecule has 28 heavy (non-hydrogen) atoms. The van der Waals surface area contributed by atoms with Crippen molar-refractivity contribution in [1.29, 1.82) is 5.26 Å². The van der Waals surface area contributed by atoms with Crippen LogP contribution < -0.4 is 0 Å². The van der Waals surface area contributed by atoms with Gasteiger partial charge in [0.1, 0.15) is 6.07 Å². The summed E-state index contributed by atoms with van der Waals surface area (Å²) in [6.45, 7) is 3.67. The van der Waals surface area contributed by atoms with Crippen LogP contribution in [0, 0.1) is 17.2 Å². The molecule has 1 fully saturated rings. The maximum absolute atomic E-state index is 12.9. The monoisotopic (exact) mass is 370 g/mol. The van der Waals surface area contributed by atoms with E-state index in [4.69, 9.17) is 0 Å². The van der Waals surface area contributed by atoms with E-state index in [1.807, 2.05) is 41.3 Å². The Balaban J connectivity index is 1.62. The molecule has 0 bridgehead atoms. The molecule has 0 spiro atoms. The molecule has 1 saturated heterocycles. The van der Waals surface area contributed by atoms with E-state index in [9.17, 15) is 10.1 Å². The number of likely N-dealkylation sites (tertiary alicyclic amines) is 1. The number of aromatic nitrogens is 2. The minimum atomic E-state index is 0.139. The Labute approximate surface area is 164 Å². The summed E-state index contributed by atoms with van der Waals surface area (Å²) in [4.78, 5) is 23.4. The number of benzene rings is 1. The van der Waals surface area contributed by atoms with E-state index in [-0.39, 0.29) is 11.8 Å². The van der Waals surface area contributed by atoms with Gasteiger partial charge < -0.3 is 4.90 Å². The molecular weight excluding hydrogens is 348 g/mol. The normalized spacial score (nSPS) is 19.4. The first-order valence-electron chi connectivity index (χ1n) is 9.60. The van der Waals surface area contributed by atoms with Gasteiger partial charge in [-0.15, -0.1) is 0 Å². The molecule has 0 saturated carbocycles. The molecule has 5 nitrogen and oxygen atoms in total. The molecule has 3 aromatic rings. The summed E-state index contributed by atoms with van der Waals surface area (Å²) in [6.07, 6.45) is 6.59. The summed E-state index contributed by atoms with van der Waals surface area (Å²) in [5.74, 6) is 0.792. The maximum Gasteiger partial charge on any atom is 0.227 e. The van der Waals surface area contributed by atoms with E-state index in [1.165, 1.54) is 5.56 Å². The summed E-state index contributed by atoms with van der Waals surface area (Å²) >= 11 is 0. The molecule has 4 rings (SSSR count). The van der Waals surface area contributed by atoms with Crippen molar-refractivity contribution in [1.82, 2.24) is 14.9 Å². The fraction of sp³-hybridized carbons (Fsp3) is 0.304. The van der Waals surface area contributed by atoms with Crippen molar-refractivity contribution in [3.05, 3.63) is 71.7 Å². The van der Waals surface area contributed by atoms with Gasteiger partial charge in [0.05, 0.1) is 17.5 Å². The molecule has 2 aromatic heterocycles. The van der Waals surface area contributed by atoms with Crippen molar-refractivity contribution in [2.45, 2.75) is 25.7 Å². The lowest BCUT2D eigenvalue weighted by atomic mass is 9.83. The van der Waals surface area contributed by atoms with Crippen molar-refractivity contribution >= 4 is 16.8 Å². The molecule has 2 unspecified atom stereocenters. The third kappa shape index (κ3) is 3.59. The third-order valence-corrected chi connectivity index (χ3v) is 5.45. The minimum Gasteiger partial charge on any atom is -0.342 e. The molecule has 0 aliphatic carbocycles. The number of carbonyl (C=O) groups is 1. The van der Waals surface area contributed by atoms with Crippen LogP contribution in [0.3, 0.4) is 0 Å². The fourth-order valence-corrected chi connectivity index (χ4v) is 4.21. The Bertz CT molecular complexity index is 1040. The van der Waals surface area contributed by atoms with Crippen LogP contribution in [0.1, 0.15) is 36.0 Å². The van der Waals surface area contributed by atoms with Crippen molar-refractivity contribution in [3.8, 4) is 6.07 Å². The predicted molar refractivity (Wildman–Crippen MR) is 108 cm³/mol. The standard InChI is InChI=1S/C23H22N4O/c1-16-10-19(15-27(14-16)22(28)11-17-4-2-8-25-13-17)20-7-6-18(12-24)23-21(20)5-3-9-26-23/h2-9,13,16,19H,10-11,14-15H2,1H3. The van der Waals surface area contributed by atoms with Crippen molar-refractivity contribution in [2.24, 2.45) is 5.92 Å². The van der Waals surface area contributed by atoms with Gasteiger partial charge in [-0.05, 0) is 41.7 Å². The fourth-order valence-electron chi connectivity index (χ4n) is 4.21. The maximum atomic E-state index is 12.9. The summed E-state index contributed by atoms with van der Waals surface area (Å²) in [6, 6.07) is 13.9. The van der Waals surface area contributed by atoms with Crippen LogP contribution in [0.15, 0.2) is 55.0 Å². The summed E-state index contributed by atoms with van der Waals surface area (Å²) in [7, 11) is 0. The number of piperidine rings is 1. The number of hydrogen-bond acceptors (Lipinski definition) is 4. The molecule has 0 radical (unpaired) electrons. The number of amides is 1. The molecule has 3 heterocycles. The highest BCUT2D eigenvalue weighted by Crippen LogP contribution is 2.35. The molecule has 1 aliphatic heterocycles. The second-order valence-corrected chi connectivity index (χ2v) is 7.59. The lowest BCUT2D eigenvalue weighted by Gasteiger charge is -2.37. The quantitative estimate of drug-likeness (QED) is 0.705. The van der Waals surface area contributed by atoms with Crippen LogP contribution in [-0.4, -0.2) is 33.9 Å². The molecule has 2 atom stereocenters. The summed E-state index contributed by atoms with van der Waals surface area (Å²) < 4.78 is 0. The van der Waals surface area contributed by atoms with Crippen LogP contribution in [0.5, 0.6) is 0 Å². The average Bonchev–Trinajstić information content (AvgIpc) is 2.73. The zero-order valence-electron chi connectivity index (χ0n) is 15.9. The van der Waals surface area contributed by atoms with E-state index in [0.29, 0.717) is 24.4 Å². The van der Waals surface area contributed by atoms with E-state index in [2.05, 4.69) is 23.0 Å². The zero-order chi connectivity index (χ0) is 19.5. The van der Waals surface area contributed by atoms with Crippen LogP contribution in [-0.2, 0) is 11.2 Å². The summed E-state index contributed by atoms with van der Waals surface area (Å²) in [5.41, 5.74) is 3.45. The lowest BCUT2D eigenvalue weighted by Crippen LogP contribution is -2.43. The Kier molecular flexibility index (Phi) is 5.03. The van der Waals surface area contributed by atoms with Gasteiger partial charge in [0.25, 0.3) is 0 Å². The summed E-state index contributed by atoms with van der Waals surface area (Å²) in [5, 5.41) is 10.4. The van der Waals surface area contributed by atoms with Crippen LogP contribution in [0.2, 0.25) is 0 Å². The van der Waals surface area contributed by atoms with Crippen molar-refractivity contribution in [3.63, 3.8) is 0 Å². The Morgan fingerprint density at radius 2 is 2.07 bits per heavy atom. The van der Waals surface area contributed by atoms with Gasteiger partial charge in [-0.3, -0.25) is 14.8 Å². The zero-order valence-corrected chi connectivity index (χ0v) is 15.9. The van der Waals surface area contributed by atoms with Gasteiger partial charge in [-0.2, -0.15) is 5.26 Å². The molecular formula is C23H22N4O. The van der Waals surface area contributed by atoms with Gasteiger partial charge in [0, 0.05) is 43.0 Å². The molecule has 140 valence electrons. The molecule has 5 heteroatoms. The predicted octanol–water partition coefficient (Wildman–Crippen LogP) is 3.70. The number of hydrogen-bond donors (Lipinski definition) is 0. The minimum absolute atomic E-state index is 0.139. The number of carbonyl (C=O) groups excluding carboxylic acids is 1. The Morgan fingerprint density at radius 1 is 1.21 bits per heavy atom. The Hall–Kier alpha value is -3.26. The van der Waals surface area contributed by atoms with E-state index in [0.717, 1.165) is 29.4 Å².